The van der Waals surface area contributed by atoms with Gasteiger partial charge in [-0.25, -0.2) is 13.2 Å². The average molecular weight is 430 g/mol. The summed E-state index contributed by atoms with van der Waals surface area (Å²) in [5, 5.41) is 15.9. The van der Waals surface area contributed by atoms with Crippen LogP contribution in [0.25, 0.3) is 0 Å². The number of nitrogens with one attached hydrogen (secondary N) is 2. The Morgan fingerprint density at radius 3 is 2.28 bits per heavy atom. The van der Waals surface area contributed by atoms with Crippen molar-refractivity contribution in [2.24, 2.45) is 0 Å². The van der Waals surface area contributed by atoms with Crippen LogP contribution in [-0.4, -0.2) is 54.8 Å². The minimum atomic E-state index is -3.90. The monoisotopic (exact) mass is 430 g/mol. The van der Waals surface area contributed by atoms with Crippen LogP contribution in [0.2, 0.25) is 0 Å². The lowest BCUT2D eigenvalue weighted by atomic mass is 10.1. The maximum absolute atomic E-state index is 12.5. The van der Waals surface area contributed by atoms with Crippen LogP contribution in [0.3, 0.4) is 0 Å². The number of nitrogens with zero attached hydrogens (tertiary/aromatic N) is 2. The van der Waals surface area contributed by atoms with E-state index in [1.54, 1.807) is 34.6 Å². The summed E-state index contributed by atoms with van der Waals surface area (Å²) in [6.45, 7) is 8.24. The zero-order valence-electron chi connectivity index (χ0n) is 17.0. The van der Waals surface area contributed by atoms with E-state index < -0.39 is 44.7 Å². The minimum absolute atomic E-state index is 0.210. The molecule has 12 heteroatoms. The molecule has 29 heavy (non-hydrogen) atoms. The molecule has 0 fully saturated rings. The Morgan fingerprint density at radius 2 is 1.79 bits per heavy atom. The van der Waals surface area contributed by atoms with Crippen LogP contribution in [0.5, 0.6) is 5.75 Å². The summed E-state index contributed by atoms with van der Waals surface area (Å²) in [7, 11) is -3.90. The fourth-order valence-corrected chi connectivity index (χ4v) is 3.79. The van der Waals surface area contributed by atoms with Gasteiger partial charge in [0.2, 0.25) is 10.0 Å². The average Bonchev–Trinajstić information content (AvgIpc) is 2.58. The van der Waals surface area contributed by atoms with Crippen LogP contribution < -0.4 is 15.4 Å². The smallest absolute Gasteiger partial charge is 0.321 e. The van der Waals surface area contributed by atoms with Crippen molar-refractivity contribution in [3.63, 3.8) is 0 Å². The maximum Gasteiger partial charge on any atom is 0.321 e. The topological polar surface area (TPSA) is 148 Å². The van der Waals surface area contributed by atoms with Gasteiger partial charge in [-0.05, 0) is 32.9 Å². The zero-order chi connectivity index (χ0) is 22.4. The molecule has 0 spiro atoms. The lowest BCUT2D eigenvalue weighted by molar-refractivity contribution is -0.386. The highest BCUT2D eigenvalue weighted by atomic mass is 32.2. The highest BCUT2D eigenvalue weighted by Crippen LogP contribution is 2.30. The van der Waals surface area contributed by atoms with Crippen LogP contribution in [0.4, 0.5) is 10.5 Å². The predicted octanol–water partition coefficient (Wildman–Crippen LogP) is 1.63. The molecule has 0 radical (unpaired) electrons. The number of hydrogen-bond acceptors (Lipinski definition) is 7. The molecule has 1 aromatic rings. The molecular weight excluding hydrogens is 404 g/mol. The molecule has 0 heterocycles. The van der Waals surface area contributed by atoms with Crippen molar-refractivity contribution in [3.8, 4) is 5.75 Å². The van der Waals surface area contributed by atoms with Crippen LogP contribution in [0.15, 0.2) is 23.1 Å². The quantitative estimate of drug-likeness (QED) is 0.470. The summed E-state index contributed by atoms with van der Waals surface area (Å²) in [4.78, 5) is 33.8. The van der Waals surface area contributed by atoms with E-state index in [1.807, 2.05) is 5.32 Å². The van der Waals surface area contributed by atoms with E-state index in [9.17, 15) is 28.1 Å². The van der Waals surface area contributed by atoms with E-state index in [-0.39, 0.29) is 23.7 Å². The molecule has 162 valence electrons. The van der Waals surface area contributed by atoms with Crippen LogP contribution >= 0.6 is 0 Å². The predicted molar refractivity (Wildman–Crippen MR) is 105 cm³/mol. The van der Waals surface area contributed by atoms with Gasteiger partial charge in [-0.2, -0.15) is 4.31 Å². The first-order valence-electron chi connectivity index (χ1n) is 8.85. The summed E-state index contributed by atoms with van der Waals surface area (Å²) in [6.07, 6.45) is 0. The summed E-state index contributed by atoms with van der Waals surface area (Å²) in [5.74, 6) is -1.11. The van der Waals surface area contributed by atoms with Crippen molar-refractivity contribution >= 4 is 27.6 Å². The normalized spacial score (nSPS) is 11.8. The molecule has 0 aliphatic rings. The molecule has 3 amide bonds. The second kappa shape index (κ2) is 9.65. The first-order valence-corrected chi connectivity index (χ1v) is 10.3. The first-order chi connectivity index (χ1) is 13.3. The number of sulfonamides is 1. The van der Waals surface area contributed by atoms with Crippen molar-refractivity contribution in [3.05, 3.63) is 28.3 Å². The molecule has 1 rings (SSSR count). The molecule has 11 nitrogen and oxygen atoms in total. The number of urea groups is 1. The van der Waals surface area contributed by atoms with Gasteiger partial charge in [0.1, 0.15) is 0 Å². The van der Waals surface area contributed by atoms with Crippen LogP contribution in [0, 0.1) is 10.1 Å². The first kappa shape index (κ1) is 24.3. The SMILES string of the molecule is CCN(CC)S(=O)(=O)c1ccc(OCC(=O)NC(=O)NC(C)(C)C)c([N+](=O)[O-])c1. The Bertz CT molecular complexity index is 874. The van der Waals surface area contributed by atoms with Gasteiger partial charge in [-0.3, -0.25) is 20.2 Å². The molecule has 0 saturated carbocycles. The second-order valence-electron chi connectivity index (χ2n) is 7.02. The van der Waals surface area contributed by atoms with E-state index in [0.717, 1.165) is 16.4 Å². The molecule has 0 unspecified atom stereocenters. The van der Waals surface area contributed by atoms with E-state index in [1.165, 1.54) is 6.07 Å². The standard InChI is InChI=1S/C17H26N4O7S/c1-6-20(7-2)29(26,27)12-8-9-14(13(10-12)21(24)25)28-11-15(22)18-16(23)19-17(3,4)5/h8-10H,6-7,11H2,1-5H3,(H2,18,19,22,23). The number of rotatable bonds is 8. The Kier molecular flexibility index (Phi) is 8.09. The Hall–Kier alpha value is -2.73. The number of nitro benzene ring substituents is 1. The number of benzene rings is 1. The van der Waals surface area contributed by atoms with Crippen molar-refractivity contribution < 1.29 is 27.7 Å². The molecular formula is C17H26N4O7S. The molecule has 0 aromatic heterocycles. The molecule has 0 aliphatic carbocycles. The van der Waals surface area contributed by atoms with Crippen molar-refractivity contribution in [2.45, 2.75) is 45.1 Å². The highest BCUT2D eigenvalue weighted by Gasteiger charge is 2.26. The Morgan fingerprint density at radius 1 is 1.21 bits per heavy atom. The number of nitro groups is 1. The van der Waals surface area contributed by atoms with Gasteiger partial charge in [-0.15, -0.1) is 0 Å². The van der Waals surface area contributed by atoms with Crippen LogP contribution in [-0.2, 0) is 14.8 Å². The molecule has 2 N–H and O–H groups in total. The highest BCUT2D eigenvalue weighted by molar-refractivity contribution is 7.89. The van der Waals surface area contributed by atoms with Gasteiger partial charge < -0.3 is 10.1 Å². The number of amides is 3. The van der Waals surface area contributed by atoms with Crippen LogP contribution in [0.1, 0.15) is 34.6 Å². The third-order valence-corrected chi connectivity index (χ3v) is 5.62. The molecule has 0 bridgehead atoms. The van der Waals surface area contributed by atoms with Gasteiger partial charge in [0, 0.05) is 24.7 Å². The maximum atomic E-state index is 12.5. The number of imide groups is 1. The lowest BCUT2D eigenvalue weighted by Crippen LogP contribution is -2.49. The second-order valence-corrected chi connectivity index (χ2v) is 8.95. The third kappa shape index (κ3) is 6.98. The van der Waals surface area contributed by atoms with Gasteiger partial charge in [0.25, 0.3) is 5.91 Å². The Balaban J connectivity index is 2.97. The molecule has 0 saturated heterocycles. The number of carbonyl (C=O) groups excluding carboxylic acids is 2. The fourth-order valence-electron chi connectivity index (χ4n) is 2.31. The lowest BCUT2D eigenvalue weighted by Gasteiger charge is -2.20. The number of ether oxygens (including phenoxy) is 1. The van der Waals surface area contributed by atoms with Gasteiger partial charge >= 0.3 is 11.7 Å². The molecule has 0 atom stereocenters. The number of carbonyl (C=O) groups is 2. The third-order valence-electron chi connectivity index (χ3n) is 3.57. The van der Waals surface area contributed by atoms with E-state index in [4.69, 9.17) is 4.74 Å². The van der Waals surface area contributed by atoms with E-state index in [0.29, 0.717) is 0 Å². The number of hydrogen-bond donors (Lipinski definition) is 2. The van der Waals surface area contributed by atoms with Gasteiger partial charge in [0.05, 0.1) is 9.82 Å². The summed E-state index contributed by atoms with van der Waals surface area (Å²) in [5.41, 5.74) is -1.17. The fraction of sp³-hybridized carbons (Fsp3) is 0.529. The zero-order valence-corrected chi connectivity index (χ0v) is 17.8. The van der Waals surface area contributed by atoms with E-state index >= 15 is 0 Å². The summed E-state index contributed by atoms with van der Waals surface area (Å²) < 4.78 is 31.4. The van der Waals surface area contributed by atoms with Gasteiger partial charge in [0.15, 0.2) is 12.4 Å². The van der Waals surface area contributed by atoms with Crippen molar-refractivity contribution in [1.29, 1.82) is 0 Å². The van der Waals surface area contributed by atoms with Crippen molar-refractivity contribution in [2.75, 3.05) is 19.7 Å². The van der Waals surface area contributed by atoms with Crippen molar-refractivity contribution in [1.82, 2.24) is 14.9 Å². The molecule has 1 aromatic carbocycles. The Labute approximate surface area is 169 Å². The van der Waals surface area contributed by atoms with Gasteiger partial charge in [-0.1, -0.05) is 13.8 Å². The minimum Gasteiger partial charge on any atom is -0.477 e. The largest absolute Gasteiger partial charge is 0.477 e. The summed E-state index contributed by atoms with van der Waals surface area (Å²) >= 11 is 0. The summed E-state index contributed by atoms with van der Waals surface area (Å²) in [6, 6.07) is 2.42. The molecule has 0 aliphatic heterocycles. The van der Waals surface area contributed by atoms with E-state index in [2.05, 4.69) is 5.32 Å².